The molecular weight excluding hydrogens is 425 g/mol. The molecule has 0 aromatic heterocycles. The van der Waals surface area contributed by atoms with Crippen LogP contribution in [-0.2, 0) is 33.3 Å². The summed E-state index contributed by atoms with van der Waals surface area (Å²) >= 11 is 0. The average Bonchev–Trinajstić information content (AvgIpc) is 3.08. The summed E-state index contributed by atoms with van der Waals surface area (Å²) in [6, 6.07) is 16.4. The van der Waals surface area contributed by atoms with E-state index in [4.69, 9.17) is 23.7 Å². The minimum atomic E-state index is -1.34. The van der Waals surface area contributed by atoms with Crippen LogP contribution < -0.4 is 0 Å². The van der Waals surface area contributed by atoms with E-state index in [1.807, 2.05) is 0 Å². The minimum absolute atomic E-state index is 0.255. The van der Waals surface area contributed by atoms with Crippen molar-refractivity contribution >= 4 is 23.9 Å². The van der Waals surface area contributed by atoms with Crippen LogP contribution in [0.1, 0.15) is 34.6 Å². The lowest BCUT2D eigenvalue weighted by Crippen LogP contribution is -2.42. The second-order valence-corrected chi connectivity index (χ2v) is 6.93. The summed E-state index contributed by atoms with van der Waals surface area (Å²) < 4.78 is 26.8. The Labute approximate surface area is 184 Å². The Hall–Kier alpha value is -3.72. The molecule has 0 N–H and O–H groups in total. The van der Waals surface area contributed by atoms with Gasteiger partial charge in [-0.05, 0) is 24.3 Å². The highest BCUT2D eigenvalue weighted by Gasteiger charge is 2.51. The summed E-state index contributed by atoms with van der Waals surface area (Å²) in [5.74, 6) is -2.72. The van der Waals surface area contributed by atoms with E-state index in [0.29, 0.717) is 5.56 Å². The van der Waals surface area contributed by atoms with Gasteiger partial charge in [0.15, 0.2) is 6.10 Å². The molecule has 32 heavy (non-hydrogen) atoms. The lowest BCUT2D eigenvalue weighted by Gasteiger charge is -2.23. The first kappa shape index (κ1) is 23.0. The van der Waals surface area contributed by atoms with Crippen molar-refractivity contribution in [2.45, 2.75) is 38.4 Å². The number of rotatable bonds is 7. The third-order valence-electron chi connectivity index (χ3n) is 4.49. The summed E-state index contributed by atoms with van der Waals surface area (Å²) in [4.78, 5) is 48.1. The molecule has 3 rings (SSSR count). The van der Waals surface area contributed by atoms with Gasteiger partial charge in [-0.25, -0.2) is 9.59 Å². The van der Waals surface area contributed by atoms with Crippen molar-refractivity contribution in [1.82, 2.24) is 0 Å². The molecule has 4 atom stereocenters. The number of hydrogen-bond acceptors (Lipinski definition) is 9. The fourth-order valence-electron chi connectivity index (χ4n) is 3.12. The molecule has 0 spiro atoms. The van der Waals surface area contributed by atoms with Gasteiger partial charge in [-0.15, -0.1) is 0 Å². The second kappa shape index (κ2) is 10.5. The Morgan fingerprint density at radius 2 is 1.25 bits per heavy atom. The molecule has 0 aliphatic carbocycles. The number of carbonyl (C=O) groups is 4. The first-order valence-electron chi connectivity index (χ1n) is 9.83. The fourth-order valence-corrected chi connectivity index (χ4v) is 3.12. The Morgan fingerprint density at radius 1 is 0.719 bits per heavy atom. The van der Waals surface area contributed by atoms with E-state index >= 15 is 0 Å². The van der Waals surface area contributed by atoms with Crippen molar-refractivity contribution in [2.75, 3.05) is 6.61 Å². The van der Waals surface area contributed by atoms with Gasteiger partial charge in [0.1, 0.15) is 12.7 Å². The molecule has 0 bridgehead atoms. The van der Waals surface area contributed by atoms with Crippen molar-refractivity contribution in [2.24, 2.45) is 0 Å². The van der Waals surface area contributed by atoms with Gasteiger partial charge in [-0.3, -0.25) is 9.59 Å². The van der Waals surface area contributed by atoms with Crippen LogP contribution in [0.5, 0.6) is 0 Å². The summed E-state index contributed by atoms with van der Waals surface area (Å²) in [6.45, 7) is 1.97. The SMILES string of the molecule is CC(=O)O[13CH]1O[13C@H]([13CH2]OC(=O)c2ccccc2)[13C@@H](OC(=O)c2ccccc2)[13C@H]1OC(C)=O. The zero-order chi connectivity index (χ0) is 23.1. The molecule has 2 aromatic rings. The fraction of sp³-hybridized carbons (Fsp3) is 0.304. The van der Waals surface area contributed by atoms with E-state index < -0.39 is 48.5 Å². The quantitative estimate of drug-likeness (QED) is 0.358. The number of ether oxygens (including phenoxy) is 5. The predicted octanol–water partition coefficient (Wildman–Crippen LogP) is 2.29. The molecule has 1 heterocycles. The van der Waals surface area contributed by atoms with Crippen LogP contribution in [0.2, 0.25) is 0 Å². The van der Waals surface area contributed by atoms with Gasteiger partial charge in [0.05, 0.1) is 11.1 Å². The highest BCUT2D eigenvalue weighted by molar-refractivity contribution is 5.90. The molecule has 0 saturated carbocycles. The number of carbonyl (C=O) groups excluding carboxylic acids is 4. The Balaban J connectivity index is 1.80. The molecule has 1 aliphatic heterocycles. The summed E-state index contributed by atoms with van der Waals surface area (Å²) in [6.07, 6.45) is -4.83. The zero-order valence-electron chi connectivity index (χ0n) is 17.5. The molecule has 9 nitrogen and oxygen atoms in total. The van der Waals surface area contributed by atoms with Crippen molar-refractivity contribution in [3.05, 3.63) is 71.8 Å². The smallest absolute Gasteiger partial charge is 0.338 e. The third kappa shape index (κ3) is 5.92. The standard InChI is InChI=1S/C23H22O9/c1-14(24)29-20-19(32-22(27)17-11-7-4-8-12-17)18(31-23(20)30-15(2)25)13-28-21(26)16-9-5-3-6-10-16/h3-12,18-20,23H,13H2,1-2H3/t18-,19-,20-,23?/m1/s1/i13+1,18+1,19+1,20+1,23+1. The number of esters is 4. The van der Waals surface area contributed by atoms with E-state index in [2.05, 4.69) is 0 Å². The van der Waals surface area contributed by atoms with E-state index in [0.717, 1.165) is 13.8 Å². The number of hydrogen-bond donors (Lipinski definition) is 0. The monoisotopic (exact) mass is 447 g/mol. The maximum Gasteiger partial charge on any atom is 0.338 e. The summed E-state index contributed by atoms with van der Waals surface area (Å²) in [7, 11) is 0. The zero-order valence-corrected chi connectivity index (χ0v) is 17.5. The van der Waals surface area contributed by atoms with E-state index in [9.17, 15) is 19.2 Å². The van der Waals surface area contributed by atoms with Gasteiger partial charge in [-0.1, -0.05) is 36.4 Å². The van der Waals surface area contributed by atoms with E-state index in [-0.39, 0.29) is 12.2 Å². The molecule has 1 aliphatic rings. The topological polar surface area (TPSA) is 114 Å². The maximum absolute atomic E-state index is 12.6. The average molecular weight is 447 g/mol. The molecule has 0 amide bonds. The first-order valence-corrected chi connectivity index (χ1v) is 9.83. The van der Waals surface area contributed by atoms with Gasteiger partial charge in [0.2, 0.25) is 12.4 Å². The van der Waals surface area contributed by atoms with Crippen LogP contribution in [0.25, 0.3) is 0 Å². The minimum Gasteiger partial charge on any atom is -0.459 e. The second-order valence-electron chi connectivity index (χ2n) is 6.93. The summed E-state index contributed by atoms with van der Waals surface area (Å²) in [5, 5.41) is 0. The van der Waals surface area contributed by atoms with Gasteiger partial charge in [-0.2, -0.15) is 0 Å². The molecule has 0 radical (unpaired) electrons. The first-order chi connectivity index (χ1) is 15.3. The molecule has 168 valence electrons. The van der Waals surface area contributed by atoms with Gasteiger partial charge < -0.3 is 23.7 Å². The van der Waals surface area contributed by atoms with Crippen molar-refractivity contribution in [1.29, 1.82) is 0 Å². The Morgan fingerprint density at radius 3 is 1.78 bits per heavy atom. The van der Waals surface area contributed by atoms with Crippen LogP contribution >= 0.6 is 0 Å². The molecule has 2 aromatic carbocycles. The molecule has 1 unspecified atom stereocenters. The van der Waals surface area contributed by atoms with Crippen LogP contribution in [0.3, 0.4) is 0 Å². The Kier molecular flexibility index (Phi) is 7.56. The van der Waals surface area contributed by atoms with Crippen LogP contribution in [-0.4, -0.2) is 55.1 Å². The molecule has 9 heteroatoms. The van der Waals surface area contributed by atoms with Gasteiger partial charge in [0.25, 0.3) is 0 Å². The summed E-state index contributed by atoms with van der Waals surface area (Å²) in [5.41, 5.74) is 0.571. The highest BCUT2D eigenvalue weighted by atomic mass is 16.9. The van der Waals surface area contributed by atoms with Gasteiger partial charge >= 0.3 is 23.9 Å². The lowest BCUT2D eigenvalue weighted by molar-refractivity contribution is -0.196. The lowest BCUT2D eigenvalue weighted by atomic mass is 10.2. The highest BCUT2D eigenvalue weighted by Crippen LogP contribution is 2.29. The predicted molar refractivity (Wildman–Crippen MR) is 108 cm³/mol. The van der Waals surface area contributed by atoms with Crippen LogP contribution in [0.15, 0.2) is 60.7 Å². The largest absolute Gasteiger partial charge is 0.459 e. The van der Waals surface area contributed by atoms with E-state index in [1.165, 1.54) is 0 Å². The van der Waals surface area contributed by atoms with Crippen molar-refractivity contribution in [3.8, 4) is 0 Å². The van der Waals surface area contributed by atoms with Crippen LogP contribution in [0, 0.1) is 0 Å². The Bertz CT molecular complexity index is 958. The maximum atomic E-state index is 12.6. The third-order valence-corrected chi connectivity index (χ3v) is 4.49. The van der Waals surface area contributed by atoms with Crippen molar-refractivity contribution < 1.29 is 42.9 Å². The van der Waals surface area contributed by atoms with E-state index in [1.54, 1.807) is 60.7 Å². The van der Waals surface area contributed by atoms with Gasteiger partial charge in [0, 0.05) is 13.8 Å². The molecule has 1 saturated heterocycles. The normalized spacial score (nSPS) is 21.9. The number of benzene rings is 2. The molecule has 1 fully saturated rings. The van der Waals surface area contributed by atoms with Crippen molar-refractivity contribution in [3.63, 3.8) is 0 Å². The molecular formula is C23H22O9. The van der Waals surface area contributed by atoms with Crippen LogP contribution in [0.4, 0.5) is 0 Å².